The van der Waals surface area contributed by atoms with E-state index >= 15 is 0 Å². The molecule has 1 heterocycles. The number of benzene rings is 1. The Kier molecular flexibility index (Phi) is 2.46. The van der Waals surface area contributed by atoms with Crippen molar-refractivity contribution in [1.82, 2.24) is 0 Å². The van der Waals surface area contributed by atoms with Gasteiger partial charge in [-0.2, -0.15) is 0 Å². The SMILES string of the molecule is Cc1cc(=O)oc2c(C(C)C)c(N)ccc12. The quantitative estimate of drug-likeness (QED) is 0.590. The molecule has 3 nitrogen and oxygen atoms in total. The van der Waals surface area contributed by atoms with Crippen LogP contribution in [0.25, 0.3) is 11.0 Å². The van der Waals surface area contributed by atoms with Crippen LogP contribution >= 0.6 is 0 Å². The second-order valence-corrected chi connectivity index (χ2v) is 4.35. The zero-order chi connectivity index (χ0) is 11.9. The summed E-state index contributed by atoms with van der Waals surface area (Å²) in [5.74, 6) is 0.230. The first kappa shape index (κ1) is 10.7. The van der Waals surface area contributed by atoms with Crippen LogP contribution in [0.15, 0.2) is 27.4 Å². The van der Waals surface area contributed by atoms with Gasteiger partial charge in [-0.05, 0) is 30.5 Å². The molecule has 0 fully saturated rings. The van der Waals surface area contributed by atoms with E-state index in [1.165, 1.54) is 6.07 Å². The molecule has 0 saturated carbocycles. The fourth-order valence-electron chi connectivity index (χ4n) is 2.02. The second-order valence-electron chi connectivity index (χ2n) is 4.35. The normalized spacial score (nSPS) is 11.2. The Bertz CT molecular complexity index is 597. The van der Waals surface area contributed by atoms with Crippen LogP contribution in [-0.4, -0.2) is 0 Å². The molecule has 0 aliphatic heterocycles. The van der Waals surface area contributed by atoms with Crippen LogP contribution in [0.3, 0.4) is 0 Å². The molecular weight excluding hydrogens is 202 g/mol. The van der Waals surface area contributed by atoms with Crippen LogP contribution in [0.5, 0.6) is 0 Å². The molecule has 16 heavy (non-hydrogen) atoms. The van der Waals surface area contributed by atoms with E-state index in [2.05, 4.69) is 0 Å². The van der Waals surface area contributed by atoms with Crippen molar-refractivity contribution >= 4 is 16.7 Å². The highest BCUT2D eigenvalue weighted by atomic mass is 16.4. The molecule has 1 aromatic carbocycles. The molecule has 0 aliphatic rings. The van der Waals surface area contributed by atoms with Gasteiger partial charge in [0.2, 0.25) is 0 Å². The molecule has 2 aromatic rings. The maximum Gasteiger partial charge on any atom is 0.336 e. The van der Waals surface area contributed by atoms with E-state index in [0.717, 1.165) is 16.5 Å². The maximum atomic E-state index is 11.4. The lowest BCUT2D eigenvalue weighted by Gasteiger charge is -2.12. The first-order valence-corrected chi connectivity index (χ1v) is 5.33. The molecule has 0 aliphatic carbocycles. The molecule has 0 saturated heterocycles. The van der Waals surface area contributed by atoms with Crippen LogP contribution in [0.2, 0.25) is 0 Å². The van der Waals surface area contributed by atoms with Crippen molar-refractivity contribution in [2.24, 2.45) is 0 Å². The third kappa shape index (κ3) is 1.58. The molecular formula is C13H15NO2. The van der Waals surface area contributed by atoms with Crippen molar-refractivity contribution in [2.75, 3.05) is 5.73 Å². The molecule has 0 unspecified atom stereocenters. The predicted molar refractivity (Wildman–Crippen MR) is 65.7 cm³/mol. The van der Waals surface area contributed by atoms with E-state index in [1.54, 1.807) is 0 Å². The predicted octanol–water partition coefficient (Wildman–Crippen LogP) is 2.81. The Morgan fingerprint density at radius 1 is 1.31 bits per heavy atom. The number of nitrogen functional groups attached to an aromatic ring is 1. The van der Waals surface area contributed by atoms with Crippen molar-refractivity contribution in [1.29, 1.82) is 0 Å². The van der Waals surface area contributed by atoms with E-state index in [9.17, 15) is 4.79 Å². The lowest BCUT2D eigenvalue weighted by Crippen LogP contribution is -2.03. The van der Waals surface area contributed by atoms with Crippen LogP contribution in [0.1, 0.15) is 30.9 Å². The summed E-state index contributed by atoms with van der Waals surface area (Å²) >= 11 is 0. The molecule has 2 N–H and O–H groups in total. The average molecular weight is 217 g/mol. The van der Waals surface area contributed by atoms with Gasteiger partial charge < -0.3 is 10.2 Å². The van der Waals surface area contributed by atoms with Gasteiger partial charge in [-0.3, -0.25) is 0 Å². The lowest BCUT2D eigenvalue weighted by atomic mass is 9.97. The molecule has 0 spiro atoms. The van der Waals surface area contributed by atoms with E-state index in [4.69, 9.17) is 10.2 Å². The molecule has 0 atom stereocenters. The molecule has 0 amide bonds. The number of fused-ring (bicyclic) bond motifs is 1. The summed E-state index contributed by atoms with van der Waals surface area (Å²) in [7, 11) is 0. The van der Waals surface area contributed by atoms with Gasteiger partial charge in [0.1, 0.15) is 5.58 Å². The van der Waals surface area contributed by atoms with Gasteiger partial charge in [-0.15, -0.1) is 0 Å². The lowest BCUT2D eigenvalue weighted by molar-refractivity contribution is 0.553. The Hall–Kier alpha value is -1.77. The summed E-state index contributed by atoms with van der Waals surface area (Å²) in [6, 6.07) is 5.27. The van der Waals surface area contributed by atoms with Crippen molar-refractivity contribution in [3.05, 3.63) is 39.7 Å². The van der Waals surface area contributed by atoms with Gasteiger partial charge in [0.05, 0.1) is 0 Å². The highest BCUT2D eigenvalue weighted by Crippen LogP contribution is 2.30. The van der Waals surface area contributed by atoms with E-state index < -0.39 is 0 Å². The van der Waals surface area contributed by atoms with Gasteiger partial charge >= 0.3 is 5.63 Å². The molecule has 3 heteroatoms. The Labute approximate surface area is 93.9 Å². The van der Waals surface area contributed by atoms with Crippen molar-refractivity contribution in [2.45, 2.75) is 26.7 Å². The number of anilines is 1. The van der Waals surface area contributed by atoms with Crippen LogP contribution in [0.4, 0.5) is 5.69 Å². The first-order valence-electron chi connectivity index (χ1n) is 5.33. The van der Waals surface area contributed by atoms with E-state index in [1.807, 2.05) is 32.9 Å². The standard InChI is InChI=1S/C13H15NO2/c1-7(2)12-10(14)5-4-9-8(3)6-11(15)16-13(9)12/h4-7H,14H2,1-3H3. The molecule has 2 rings (SSSR count). The third-order valence-electron chi connectivity index (χ3n) is 2.77. The Balaban J connectivity index is 2.97. The topological polar surface area (TPSA) is 56.2 Å². The number of rotatable bonds is 1. The summed E-state index contributed by atoms with van der Waals surface area (Å²) in [4.78, 5) is 11.4. The summed E-state index contributed by atoms with van der Waals surface area (Å²) in [6.07, 6.45) is 0. The molecule has 0 bridgehead atoms. The van der Waals surface area contributed by atoms with Gasteiger partial charge in [0.15, 0.2) is 0 Å². The molecule has 84 valence electrons. The van der Waals surface area contributed by atoms with Crippen LogP contribution in [0, 0.1) is 6.92 Å². The summed E-state index contributed by atoms with van der Waals surface area (Å²) < 4.78 is 5.28. The molecule has 1 aromatic heterocycles. The largest absolute Gasteiger partial charge is 0.422 e. The van der Waals surface area contributed by atoms with Crippen LogP contribution < -0.4 is 11.4 Å². The van der Waals surface area contributed by atoms with Gasteiger partial charge in [0.25, 0.3) is 0 Å². The number of hydrogen-bond acceptors (Lipinski definition) is 3. The highest BCUT2D eigenvalue weighted by molar-refractivity contribution is 5.87. The summed E-state index contributed by atoms with van der Waals surface area (Å²) in [5, 5.41) is 0.956. The number of hydrogen-bond donors (Lipinski definition) is 1. The van der Waals surface area contributed by atoms with Crippen LogP contribution in [-0.2, 0) is 0 Å². The van der Waals surface area contributed by atoms with Crippen molar-refractivity contribution in [3.8, 4) is 0 Å². The fourth-order valence-corrected chi connectivity index (χ4v) is 2.02. The van der Waals surface area contributed by atoms with Crippen molar-refractivity contribution in [3.63, 3.8) is 0 Å². The van der Waals surface area contributed by atoms with Gasteiger partial charge in [-0.1, -0.05) is 13.8 Å². The minimum absolute atomic E-state index is 0.230. The number of aryl methyl sites for hydroxylation is 1. The fraction of sp³-hybridized carbons (Fsp3) is 0.308. The average Bonchev–Trinajstić information content (AvgIpc) is 2.15. The van der Waals surface area contributed by atoms with E-state index in [0.29, 0.717) is 11.3 Å². The summed E-state index contributed by atoms with van der Waals surface area (Å²) in [5.41, 5.74) is 8.75. The summed E-state index contributed by atoms with van der Waals surface area (Å²) in [6.45, 7) is 5.97. The zero-order valence-electron chi connectivity index (χ0n) is 9.70. The maximum absolute atomic E-state index is 11.4. The number of nitrogens with two attached hydrogens (primary N) is 1. The Morgan fingerprint density at radius 2 is 2.00 bits per heavy atom. The second kappa shape index (κ2) is 3.67. The monoisotopic (exact) mass is 217 g/mol. The van der Waals surface area contributed by atoms with Gasteiger partial charge in [0, 0.05) is 22.7 Å². The van der Waals surface area contributed by atoms with E-state index in [-0.39, 0.29) is 11.5 Å². The van der Waals surface area contributed by atoms with Gasteiger partial charge in [-0.25, -0.2) is 4.79 Å². The highest BCUT2D eigenvalue weighted by Gasteiger charge is 2.13. The molecule has 0 radical (unpaired) electrons. The zero-order valence-corrected chi connectivity index (χ0v) is 9.70. The Morgan fingerprint density at radius 3 is 2.62 bits per heavy atom. The minimum Gasteiger partial charge on any atom is -0.422 e. The smallest absolute Gasteiger partial charge is 0.336 e. The first-order chi connectivity index (χ1) is 7.50. The minimum atomic E-state index is -0.322. The third-order valence-corrected chi connectivity index (χ3v) is 2.77. The van der Waals surface area contributed by atoms with Crippen molar-refractivity contribution < 1.29 is 4.42 Å².